The predicted octanol–water partition coefficient (Wildman–Crippen LogP) is 4.99. The highest BCUT2D eigenvalue weighted by Crippen LogP contribution is 2.47. The summed E-state index contributed by atoms with van der Waals surface area (Å²) in [6, 6.07) is 0. The molecule has 15 heavy (non-hydrogen) atoms. The van der Waals surface area contributed by atoms with Crippen LogP contribution in [-0.2, 0) is 0 Å². The number of rotatable bonds is 5. The van der Waals surface area contributed by atoms with Gasteiger partial charge in [0.15, 0.2) is 0 Å². The van der Waals surface area contributed by atoms with Crippen molar-refractivity contribution in [3.8, 4) is 0 Å². The SMILES string of the molecule is CC(C)C(C)CCC1CC(C)C1C(C)C. The van der Waals surface area contributed by atoms with Gasteiger partial charge in [0, 0.05) is 0 Å². The fourth-order valence-electron chi connectivity index (χ4n) is 3.38. The molecule has 1 rings (SSSR count). The van der Waals surface area contributed by atoms with E-state index >= 15 is 0 Å². The van der Waals surface area contributed by atoms with Crippen molar-refractivity contribution < 1.29 is 0 Å². The molecular formula is C15H30. The number of hydrogen-bond donors (Lipinski definition) is 0. The van der Waals surface area contributed by atoms with Gasteiger partial charge in [0.05, 0.1) is 0 Å². The van der Waals surface area contributed by atoms with Gasteiger partial charge < -0.3 is 0 Å². The van der Waals surface area contributed by atoms with Crippen LogP contribution in [0.4, 0.5) is 0 Å². The molecule has 0 heteroatoms. The third kappa shape index (κ3) is 3.23. The molecule has 0 heterocycles. The topological polar surface area (TPSA) is 0 Å². The molecule has 0 nitrogen and oxygen atoms in total. The summed E-state index contributed by atoms with van der Waals surface area (Å²) in [7, 11) is 0. The Morgan fingerprint density at radius 2 is 1.67 bits per heavy atom. The molecule has 1 aliphatic carbocycles. The van der Waals surface area contributed by atoms with E-state index < -0.39 is 0 Å². The van der Waals surface area contributed by atoms with Crippen LogP contribution in [0.1, 0.15) is 60.8 Å². The lowest BCUT2D eigenvalue weighted by molar-refractivity contribution is 0.0317. The first-order valence-electron chi connectivity index (χ1n) is 6.93. The summed E-state index contributed by atoms with van der Waals surface area (Å²) in [5.41, 5.74) is 0. The lowest BCUT2D eigenvalue weighted by atomic mass is 9.59. The summed E-state index contributed by atoms with van der Waals surface area (Å²) in [6.07, 6.45) is 4.42. The Bertz CT molecular complexity index is 176. The van der Waals surface area contributed by atoms with E-state index in [1.807, 2.05) is 0 Å². The van der Waals surface area contributed by atoms with Gasteiger partial charge in [0.25, 0.3) is 0 Å². The molecule has 90 valence electrons. The van der Waals surface area contributed by atoms with Crippen molar-refractivity contribution >= 4 is 0 Å². The zero-order valence-corrected chi connectivity index (χ0v) is 11.6. The lowest BCUT2D eigenvalue weighted by Crippen LogP contribution is -2.38. The summed E-state index contributed by atoms with van der Waals surface area (Å²) >= 11 is 0. The highest BCUT2D eigenvalue weighted by molar-refractivity contribution is 4.88. The van der Waals surface area contributed by atoms with Crippen LogP contribution in [0.2, 0.25) is 0 Å². The minimum Gasteiger partial charge on any atom is -0.0625 e. The normalized spacial score (nSPS) is 33.2. The van der Waals surface area contributed by atoms with Gasteiger partial charge in [-0.3, -0.25) is 0 Å². The molecule has 0 bridgehead atoms. The van der Waals surface area contributed by atoms with E-state index in [1.165, 1.54) is 19.3 Å². The molecule has 0 aliphatic heterocycles. The highest BCUT2D eigenvalue weighted by atomic mass is 14.4. The minimum atomic E-state index is 0.861. The third-order valence-corrected chi connectivity index (χ3v) is 4.78. The molecule has 0 radical (unpaired) electrons. The van der Waals surface area contributed by atoms with Gasteiger partial charge in [0.1, 0.15) is 0 Å². The van der Waals surface area contributed by atoms with Gasteiger partial charge in [-0.05, 0) is 48.3 Å². The molecular weight excluding hydrogens is 180 g/mol. The first-order valence-corrected chi connectivity index (χ1v) is 6.93. The van der Waals surface area contributed by atoms with Crippen molar-refractivity contribution in [3.05, 3.63) is 0 Å². The van der Waals surface area contributed by atoms with Gasteiger partial charge in [-0.25, -0.2) is 0 Å². The second-order valence-electron chi connectivity index (χ2n) is 6.59. The Hall–Kier alpha value is 0. The van der Waals surface area contributed by atoms with Gasteiger partial charge in [-0.1, -0.05) is 48.0 Å². The van der Waals surface area contributed by atoms with Crippen LogP contribution in [0.25, 0.3) is 0 Å². The van der Waals surface area contributed by atoms with Crippen LogP contribution >= 0.6 is 0 Å². The standard InChI is InChI=1S/C15H30/c1-10(2)12(5)7-8-14-9-13(6)15(14)11(3)4/h10-15H,7-9H2,1-6H3. The molecule has 1 saturated carbocycles. The van der Waals surface area contributed by atoms with Crippen LogP contribution in [0.3, 0.4) is 0 Å². The molecule has 0 amide bonds. The van der Waals surface area contributed by atoms with Crippen molar-refractivity contribution in [2.75, 3.05) is 0 Å². The van der Waals surface area contributed by atoms with Crippen molar-refractivity contribution in [3.63, 3.8) is 0 Å². The Kier molecular flexibility index (Phi) is 4.67. The largest absolute Gasteiger partial charge is 0.0625 e. The van der Waals surface area contributed by atoms with Crippen molar-refractivity contribution in [2.24, 2.45) is 35.5 Å². The molecule has 0 aromatic rings. The average molecular weight is 210 g/mol. The van der Waals surface area contributed by atoms with E-state index in [0.717, 1.165) is 35.5 Å². The van der Waals surface area contributed by atoms with E-state index in [2.05, 4.69) is 41.5 Å². The van der Waals surface area contributed by atoms with Gasteiger partial charge in [-0.2, -0.15) is 0 Å². The highest BCUT2D eigenvalue weighted by Gasteiger charge is 2.39. The van der Waals surface area contributed by atoms with Crippen LogP contribution in [-0.4, -0.2) is 0 Å². The molecule has 1 fully saturated rings. The van der Waals surface area contributed by atoms with E-state index in [-0.39, 0.29) is 0 Å². The van der Waals surface area contributed by atoms with Crippen LogP contribution < -0.4 is 0 Å². The van der Waals surface area contributed by atoms with E-state index in [1.54, 1.807) is 0 Å². The van der Waals surface area contributed by atoms with Crippen LogP contribution in [0, 0.1) is 35.5 Å². The first kappa shape index (κ1) is 13.1. The Balaban J connectivity index is 2.28. The minimum absolute atomic E-state index is 0.861. The van der Waals surface area contributed by atoms with Crippen LogP contribution in [0.5, 0.6) is 0 Å². The molecule has 4 unspecified atom stereocenters. The van der Waals surface area contributed by atoms with E-state index in [0.29, 0.717) is 0 Å². The zero-order valence-electron chi connectivity index (χ0n) is 11.6. The Morgan fingerprint density at radius 3 is 2.07 bits per heavy atom. The third-order valence-electron chi connectivity index (χ3n) is 4.78. The molecule has 0 spiro atoms. The maximum absolute atomic E-state index is 2.44. The molecule has 0 saturated heterocycles. The maximum atomic E-state index is 2.44. The monoisotopic (exact) mass is 210 g/mol. The summed E-state index contributed by atoms with van der Waals surface area (Å²) in [6.45, 7) is 14.4. The fraction of sp³-hybridized carbons (Fsp3) is 1.00. The maximum Gasteiger partial charge on any atom is -0.0337 e. The average Bonchev–Trinajstić information content (AvgIpc) is 2.09. The summed E-state index contributed by atoms with van der Waals surface area (Å²) in [4.78, 5) is 0. The van der Waals surface area contributed by atoms with Gasteiger partial charge in [-0.15, -0.1) is 0 Å². The lowest BCUT2D eigenvalue weighted by Gasteiger charge is -2.46. The smallest absolute Gasteiger partial charge is 0.0337 e. The fourth-order valence-corrected chi connectivity index (χ4v) is 3.38. The molecule has 1 aliphatic rings. The second kappa shape index (κ2) is 5.37. The summed E-state index contributed by atoms with van der Waals surface area (Å²) in [5, 5.41) is 0. The van der Waals surface area contributed by atoms with Crippen LogP contribution in [0.15, 0.2) is 0 Å². The van der Waals surface area contributed by atoms with Crippen molar-refractivity contribution in [2.45, 2.75) is 60.8 Å². The molecule has 0 aromatic carbocycles. The number of hydrogen-bond acceptors (Lipinski definition) is 0. The van der Waals surface area contributed by atoms with E-state index in [4.69, 9.17) is 0 Å². The molecule has 4 atom stereocenters. The Morgan fingerprint density at radius 1 is 1.07 bits per heavy atom. The quantitative estimate of drug-likeness (QED) is 0.600. The Labute approximate surface area is 96.8 Å². The zero-order chi connectivity index (χ0) is 11.6. The summed E-state index contributed by atoms with van der Waals surface area (Å²) in [5.74, 6) is 5.72. The summed E-state index contributed by atoms with van der Waals surface area (Å²) < 4.78 is 0. The van der Waals surface area contributed by atoms with Gasteiger partial charge >= 0.3 is 0 Å². The van der Waals surface area contributed by atoms with Gasteiger partial charge in [0.2, 0.25) is 0 Å². The van der Waals surface area contributed by atoms with E-state index in [9.17, 15) is 0 Å². The molecule has 0 N–H and O–H groups in total. The second-order valence-corrected chi connectivity index (χ2v) is 6.59. The van der Waals surface area contributed by atoms with Crippen molar-refractivity contribution in [1.29, 1.82) is 0 Å². The van der Waals surface area contributed by atoms with Crippen molar-refractivity contribution in [1.82, 2.24) is 0 Å². The predicted molar refractivity (Wildman–Crippen MR) is 68.8 cm³/mol. The first-order chi connectivity index (χ1) is 6.93. The molecule has 0 aromatic heterocycles.